The Morgan fingerprint density at radius 1 is 0.565 bits per heavy atom. The van der Waals surface area contributed by atoms with Gasteiger partial charge in [0.15, 0.2) is 0 Å². The molecule has 0 aromatic rings. The van der Waals surface area contributed by atoms with E-state index in [9.17, 15) is 0 Å². The monoisotopic (exact) mass is 334 g/mol. The standard InChI is InChI=1S/C22H38S/c1-17-9-3-5-15-21(17,19-11-7-12-19)23-22(20-13-8-14-20)16-6-4-10-18(22)2/h17-20H,3-16H2,1-2H3. The molecule has 4 aliphatic rings. The Kier molecular flexibility index (Phi) is 4.81. The van der Waals surface area contributed by atoms with Gasteiger partial charge in [0.1, 0.15) is 0 Å². The highest BCUT2D eigenvalue weighted by Gasteiger charge is 2.56. The van der Waals surface area contributed by atoms with Crippen molar-refractivity contribution in [3.8, 4) is 0 Å². The number of hydrogen-bond donors (Lipinski definition) is 0. The quantitative estimate of drug-likeness (QED) is 0.523. The summed E-state index contributed by atoms with van der Waals surface area (Å²) in [5.74, 6) is 4.07. The molecule has 0 aromatic carbocycles. The molecular formula is C22H38S. The highest BCUT2D eigenvalue weighted by atomic mass is 32.2. The summed E-state index contributed by atoms with van der Waals surface area (Å²) >= 11 is 2.62. The van der Waals surface area contributed by atoms with Crippen molar-refractivity contribution in [1.29, 1.82) is 0 Å². The largest absolute Gasteiger partial charge is 0.147 e. The Labute approximate surface area is 149 Å². The molecule has 4 unspecified atom stereocenters. The summed E-state index contributed by atoms with van der Waals surface area (Å²) in [6.07, 6.45) is 21.4. The summed E-state index contributed by atoms with van der Waals surface area (Å²) in [4.78, 5) is 0. The SMILES string of the molecule is CC1CCCCC1(SC1(C2CCC2)CCCCC1C)C1CCC1. The average Bonchev–Trinajstić information content (AvgIpc) is 2.41. The average molecular weight is 335 g/mol. The molecule has 4 rings (SSSR count). The summed E-state index contributed by atoms with van der Waals surface area (Å²) in [7, 11) is 0. The van der Waals surface area contributed by atoms with Crippen molar-refractivity contribution < 1.29 is 0 Å². The molecular weight excluding hydrogens is 296 g/mol. The van der Waals surface area contributed by atoms with Crippen LogP contribution in [0.2, 0.25) is 0 Å². The van der Waals surface area contributed by atoms with Gasteiger partial charge in [0, 0.05) is 9.49 Å². The molecule has 4 atom stereocenters. The molecule has 0 spiro atoms. The fourth-order valence-corrected chi connectivity index (χ4v) is 9.16. The van der Waals surface area contributed by atoms with Crippen molar-refractivity contribution >= 4 is 11.8 Å². The summed E-state index contributed by atoms with van der Waals surface area (Å²) in [5.41, 5.74) is 0. The van der Waals surface area contributed by atoms with Crippen LogP contribution in [-0.2, 0) is 0 Å². The first-order valence-electron chi connectivity index (χ1n) is 10.9. The van der Waals surface area contributed by atoms with Gasteiger partial charge in [-0.15, -0.1) is 11.8 Å². The first-order valence-corrected chi connectivity index (χ1v) is 11.7. The molecule has 0 radical (unpaired) electrons. The van der Waals surface area contributed by atoms with Gasteiger partial charge in [-0.1, -0.05) is 52.4 Å². The van der Waals surface area contributed by atoms with Crippen molar-refractivity contribution in [3.05, 3.63) is 0 Å². The third kappa shape index (κ3) is 2.72. The molecule has 0 aromatic heterocycles. The minimum Gasteiger partial charge on any atom is -0.147 e. The Bertz CT molecular complexity index is 364. The van der Waals surface area contributed by atoms with Gasteiger partial charge in [0.2, 0.25) is 0 Å². The zero-order valence-corrected chi connectivity index (χ0v) is 16.4. The van der Waals surface area contributed by atoms with E-state index in [0.29, 0.717) is 9.49 Å². The zero-order valence-electron chi connectivity index (χ0n) is 15.6. The van der Waals surface area contributed by atoms with E-state index in [2.05, 4.69) is 25.6 Å². The number of rotatable bonds is 4. The number of thioether (sulfide) groups is 1. The molecule has 0 N–H and O–H groups in total. The molecule has 0 nitrogen and oxygen atoms in total. The van der Waals surface area contributed by atoms with Crippen LogP contribution in [0.15, 0.2) is 0 Å². The van der Waals surface area contributed by atoms with Gasteiger partial charge in [0.05, 0.1) is 0 Å². The van der Waals surface area contributed by atoms with Crippen molar-refractivity contribution in [2.75, 3.05) is 0 Å². The molecule has 0 saturated heterocycles. The van der Waals surface area contributed by atoms with Crippen LogP contribution in [-0.4, -0.2) is 9.49 Å². The second-order valence-electron chi connectivity index (χ2n) is 9.56. The van der Waals surface area contributed by atoms with Crippen molar-refractivity contribution in [2.24, 2.45) is 23.7 Å². The summed E-state index contributed by atoms with van der Waals surface area (Å²) in [5, 5.41) is 0. The second-order valence-corrected chi connectivity index (χ2v) is 11.3. The fraction of sp³-hybridized carbons (Fsp3) is 1.00. The first-order chi connectivity index (χ1) is 11.2. The van der Waals surface area contributed by atoms with Crippen LogP contribution >= 0.6 is 11.8 Å². The molecule has 1 heteroatoms. The molecule has 0 bridgehead atoms. The lowest BCUT2D eigenvalue weighted by molar-refractivity contribution is 0.119. The van der Waals surface area contributed by atoms with Gasteiger partial charge < -0.3 is 0 Å². The minimum atomic E-state index is 0.664. The van der Waals surface area contributed by atoms with Crippen molar-refractivity contribution in [2.45, 2.75) is 113 Å². The summed E-state index contributed by atoms with van der Waals surface area (Å²) < 4.78 is 1.33. The maximum atomic E-state index is 2.63. The fourth-order valence-electron chi connectivity index (χ4n) is 6.52. The molecule has 4 fully saturated rings. The topological polar surface area (TPSA) is 0 Å². The maximum absolute atomic E-state index is 2.63. The predicted octanol–water partition coefficient (Wildman–Crippen LogP) is 7.22. The van der Waals surface area contributed by atoms with E-state index in [1.54, 1.807) is 38.5 Å². The van der Waals surface area contributed by atoms with E-state index >= 15 is 0 Å². The van der Waals surface area contributed by atoms with Gasteiger partial charge >= 0.3 is 0 Å². The highest BCUT2D eigenvalue weighted by Crippen LogP contribution is 2.65. The third-order valence-electron chi connectivity index (χ3n) is 8.55. The van der Waals surface area contributed by atoms with Gasteiger partial charge in [-0.25, -0.2) is 0 Å². The molecule has 4 saturated carbocycles. The van der Waals surface area contributed by atoms with Crippen LogP contribution in [0.3, 0.4) is 0 Å². The number of hydrogen-bond acceptors (Lipinski definition) is 1. The molecule has 0 heterocycles. The van der Waals surface area contributed by atoms with Gasteiger partial charge in [0.25, 0.3) is 0 Å². The Morgan fingerprint density at radius 2 is 1.00 bits per heavy atom. The predicted molar refractivity (Wildman–Crippen MR) is 103 cm³/mol. The lowest BCUT2D eigenvalue weighted by atomic mass is 9.64. The molecule has 4 aliphatic carbocycles. The third-order valence-corrected chi connectivity index (χ3v) is 11.2. The molecule has 0 amide bonds. The van der Waals surface area contributed by atoms with E-state index in [4.69, 9.17) is 0 Å². The van der Waals surface area contributed by atoms with Gasteiger partial charge in [-0.3, -0.25) is 0 Å². The van der Waals surface area contributed by atoms with Crippen LogP contribution in [0.1, 0.15) is 104 Å². The first kappa shape index (κ1) is 16.8. The summed E-state index contributed by atoms with van der Waals surface area (Å²) in [6, 6.07) is 0. The Morgan fingerprint density at radius 3 is 1.30 bits per heavy atom. The molecule has 0 aliphatic heterocycles. The molecule has 23 heavy (non-hydrogen) atoms. The van der Waals surface area contributed by atoms with E-state index in [-0.39, 0.29) is 0 Å². The van der Waals surface area contributed by atoms with E-state index < -0.39 is 0 Å². The highest BCUT2D eigenvalue weighted by molar-refractivity contribution is 8.02. The van der Waals surface area contributed by atoms with Crippen LogP contribution in [0.4, 0.5) is 0 Å². The summed E-state index contributed by atoms with van der Waals surface area (Å²) in [6.45, 7) is 5.26. The van der Waals surface area contributed by atoms with E-state index in [0.717, 1.165) is 23.7 Å². The minimum absolute atomic E-state index is 0.664. The van der Waals surface area contributed by atoms with Crippen LogP contribution in [0.5, 0.6) is 0 Å². The lowest BCUT2D eigenvalue weighted by Crippen LogP contribution is -2.55. The Hall–Kier alpha value is 0.350. The van der Waals surface area contributed by atoms with E-state index in [1.165, 1.54) is 51.4 Å². The van der Waals surface area contributed by atoms with Gasteiger partial charge in [-0.2, -0.15) is 0 Å². The lowest BCUT2D eigenvalue weighted by Gasteiger charge is -2.60. The zero-order chi connectivity index (χ0) is 15.9. The second kappa shape index (κ2) is 6.58. The van der Waals surface area contributed by atoms with Gasteiger partial charge in [-0.05, 0) is 75.0 Å². The van der Waals surface area contributed by atoms with Crippen LogP contribution in [0, 0.1) is 23.7 Å². The van der Waals surface area contributed by atoms with E-state index in [1.807, 2.05) is 0 Å². The molecule has 132 valence electrons. The van der Waals surface area contributed by atoms with Crippen LogP contribution in [0.25, 0.3) is 0 Å². The maximum Gasteiger partial charge on any atom is 0.0219 e. The normalized spacial score (nSPS) is 46.2. The van der Waals surface area contributed by atoms with Crippen LogP contribution < -0.4 is 0 Å². The van der Waals surface area contributed by atoms with Crippen molar-refractivity contribution in [3.63, 3.8) is 0 Å². The Balaban J connectivity index is 1.64. The van der Waals surface area contributed by atoms with Crippen molar-refractivity contribution in [1.82, 2.24) is 0 Å². The smallest absolute Gasteiger partial charge is 0.0219 e.